The van der Waals surface area contributed by atoms with Crippen LogP contribution >= 0.6 is 0 Å². The van der Waals surface area contributed by atoms with Crippen LogP contribution in [0.4, 0.5) is 17.6 Å². The first kappa shape index (κ1) is 19.4. The third-order valence-corrected chi connectivity index (χ3v) is 5.08. The highest BCUT2D eigenvalue weighted by atomic mass is 19.4. The lowest BCUT2D eigenvalue weighted by molar-refractivity contribution is -0.140. The van der Waals surface area contributed by atoms with Crippen molar-refractivity contribution in [3.8, 4) is 5.75 Å². The maximum atomic E-state index is 14.5. The predicted octanol–water partition coefficient (Wildman–Crippen LogP) is 4.19. The van der Waals surface area contributed by atoms with E-state index in [1.165, 1.54) is 6.07 Å². The first-order chi connectivity index (χ1) is 12.1. The summed E-state index contributed by atoms with van der Waals surface area (Å²) in [5, 5.41) is 0. The van der Waals surface area contributed by atoms with Crippen LogP contribution in [0.5, 0.6) is 5.75 Å². The first-order valence-electron chi connectivity index (χ1n) is 8.90. The molecule has 0 amide bonds. The smallest absolute Gasteiger partial charge is 0.419 e. The van der Waals surface area contributed by atoms with Crippen LogP contribution in [0, 0.1) is 0 Å². The largest absolute Gasteiger partial charge is 0.487 e. The molecule has 1 aromatic rings. The van der Waals surface area contributed by atoms with Crippen LogP contribution in [-0.4, -0.2) is 49.5 Å². The van der Waals surface area contributed by atoms with E-state index in [1.54, 1.807) is 6.07 Å². The average Bonchev–Trinajstić information content (AvgIpc) is 2.46. The van der Waals surface area contributed by atoms with Crippen molar-refractivity contribution in [3.05, 3.63) is 29.3 Å². The highest BCUT2D eigenvalue weighted by molar-refractivity contribution is 5.41. The van der Waals surface area contributed by atoms with Gasteiger partial charge in [-0.15, -0.1) is 0 Å². The Morgan fingerprint density at radius 2 is 1.85 bits per heavy atom. The molecule has 0 aromatic heterocycles. The number of benzene rings is 1. The molecule has 146 valence electrons. The van der Waals surface area contributed by atoms with E-state index in [0.717, 1.165) is 6.07 Å². The molecule has 2 saturated heterocycles. The van der Waals surface area contributed by atoms with E-state index in [0.29, 0.717) is 31.7 Å². The summed E-state index contributed by atoms with van der Waals surface area (Å²) in [7, 11) is 0. The van der Waals surface area contributed by atoms with E-state index < -0.39 is 29.4 Å². The van der Waals surface area contributed by atoms with E-state index in [2.05, 4.69) is 0 Å². The summed E-state index contributed by atoms with van der Waals surface area (Å²) in [5.74, 6) is -0.293. The van der Waals surface area contributed by atoms with Crippen molar-refractivity contribution in [3.63, 3.8) is 0 Å². The summed E-state index contributed by atoms with van der Waals surface area (Å²) in [6, 6.07) is 4.27. The monoisotopic (exact) mass is 375 g/mol. The van der Waals surface area contributed by atoms with E-state index in [1.807, 2.05) is 25.7 Å². The van der Waals surface area contributed by atoms with Crippen molar-refractivity contribution in [2.24, 2.45) is 0 Å². The number of hydrogen-bond acceptors (Lipinski definition) is 3. The Morgan fingerprint density at radius 1 is 1.15 bits per heavy atom. The number of likely N-dealkylation sites (tertiary alicyclic amines) is 1. The maximum Gasteiger partial charge on any atom is 0.419 e. The van der Waals surface area contributed by atoms with Gasteiger partial charge in [-0.05, 0) is 29.5 Å². The van der Waals surface area contributed by atoms with Crippen molar-refractivity contribution in [2.45, 2.75) is 57.1 Å². The molecule has 2 aliphatic rings. The third-order valence-electron chi connectivity index (χ3n) is 5.08. The van der Waals surface area contributed by atoms with Crippen LogP contribution in [0.25, 0.3) is 0 Å². The fourth-order valence-electron chi connectivity index (χ4n) is 3.29. The number of rotatable bonds is 3. The molecule has 1 unspecified atom stereocenters. The highest BCUT2D eigenvalue weighted by Crippen LogP contribution is 2.40. The Labute approximate surface area is 151 Å². The number of hydrogen-bond donors (Lipinski definition) is 0. The highest BCUT2D eigenvalue weighted by Gasteiger charge is 2.39. The fourth-order valence-corrected chi connectivity index (χ4v) is 3.29. The van der Waals surface area contributed by atoms with Crippen LogP contribution in [-0.2, 0) is 16.3 Å². The van der Waals surface area contributed by atoms with Crippen molar-refractivity contribution < 1.29 is 27.0 Å². The quantitative estimate of drug-likeness (QED) is 0.740. The topological polar surface area (TPSA) is 21.7 Å². The van der Waals surface area contributed by atoms with E-state index >= 15 is 0 Å². The molecule has 2 aliphatic heterocycles. The minimum absolute atomic E-state index is 0.167. The van der Waals surface area contributed by atoms with Gasteiger partial charge in [-0.2, -0.15) is 13.2 Å². The molecule has 2 heterocycles. The van der Waals surface area contributed by atoms with Crippen molar-refractivity contribution in [1.82, 2.24) is 4.90 Å². The van der Waals surface area contributed by atoms with Gasteiger partial charge in [-0.3, -0.25) is 4.90 Å². The molecule has 1 aromatic carbocycles. The zero-order valence-electron chi connectivity index (χ0n) is 15.3. The molecule has 0 spiro atoms. The minimum Gasteiger partial charge on any atom is -0.487 e. The molecule has 3 rings (SSSR count). The Kier molecular flexibility index (Phi) is 5.23. The Hall–Kier alpha value is -1.34. The normalized spacial score (nSPS) is 25.8. The van der Waals surface area contributed by atoms with Gasteiger partial charge in [0.15, 0.2) is 0 Å². The number of piperidine rings is 1. The summed E-state index contributed by atoms with van der Waals surface area (Å²) in [4.78, 5) is 1.99. The first-order valence-corrected chi connectivity index (χ1v) is 8.90. The van der Waals surface area contributed by atoms with Gasteiger partial charge in [-0.1, -0.05) is 26.8 Å². The van der Waals surface area contributed by atoms with E-state index in [4.69, 9.17) is 9.47 Å². The van der Waals surface area contributed by atoms with Crippen LogP contribution < -0.4 is 4.74 Å². The predicted molar refractivity (Wildman–Crippen MR) is 90.3 cm³/mol. The number of nitrogens with zero attached hydrogens (tertiary/aromatic N) is 1. The summed E-state index contributed by atoms with van der Waals surface area (Å²) < 4.78 is 65.6. The van der Waals surface area contributed by atoms with E-state index in [9.17, 15) is 17.6 Å². The van der Waals surface area contributed by atoms with Gasteiger partial charge in [0.05, 0.1) is 24.8 Å². The summed E-state index contributed by atoms with van der Waals surface area (Å²) in [5.41, 5.74) is -0.696. The lowest BCUT2D eigenvalue weighted by Gasteiger charge is -2.42. The molecule has 2 atom stereocenters. The van der Waals surface area contributed by atoms with Crippen molar-refractivity contribution >= 4 is 0 Å². The molecule has 0 N–H and O–H groups in total. The van der Waals surface area contributed by atoms with Gasteiger partial charge in [0, 0.05) is 13.1 Å². The average molecular weight is 375 g/mol. The van der Waals surface area contributed by atoms with Gasteiger partial charge in [-0.25, -0.2) is 4.39 Å². The summed E-state index contributed by atoms with van der Waals surface area (Å²) in [6.45, 7) is 7.48. The second kappa shape index (κ2) is 7.00. The van der Waals surface area contributed by atoms with Crippen molar-refractivity contribution in [1.29, 1.82) is 0 Å². The SMILES string of the molecule is CC(C)(C)c1ccc(OC2CCN(C3COC3)C[C@H]2F)c(C(F)(F)F)c1. The molecular formula is C19H25F4NO2. The number of ether oxygens (including phenoxy) is 2. The molecule has 0 saturated carbocycles. The molecular weight excluding hydrogens is 350 g/mol. The van der Waals surface area contributed by atoms with Gasteiger partial charge in [0.1, 0.15) is 18.0 Å². The third kappa shape index (κ3) is 4.14. The van der Waals surface area contributed by atoms with Gasteiger partial charge in [0.25, 0.3) is 0 Å². The number of halogens is 4. The zero-order valence-corrected chi connectivity index (χ0v) is 15.3. The second-order valence-corrected chi connectivity index (χ2v) is 8.11. The summed E-state index contributed by atoms with van der Waals surface area (Å²) >= 11 is 0. The molecule has 0 radical (unpaired) electrons. The van der Waals surface area contributed by atoms with E-state index in [-0.39, 0.29) is 18.3 Å². The lowest BCUT2D eigenvalue weighted by atomic mass is 9.86. The number of alkyl halides is 4. The minimum atomic E-state index is -4.55. The Bertz CT molecular complexity index is 637. The fraction of sp³-hybridized carbons (Fsp3) is 0.684. The van der Waals surface area contributed by atoms with Crippen molar-refractivity contribution in [2.75, 3.05) is 26.3 Å². The summed E-state index contributed by atoms with van der Waals surface area (Å²) in [6.07, 6.45) is -6.39. The lowest BCUT2D eigenvalue weighted by Crippen LogP contribution is -2.56. The van der Waals surface area contributed by atoms with Crippen LogP contribution in [0.2, 0.25) is 0 Å². The van der Waals surface area contributed by atoms with Gasteiger partial charge < -0.3 is 9.47 Å². The molecule has 26 heavy (non-hydrogen) atoms. The second-order valence-electron chi connectivity index (χ2n) is 8.11. The molecule has 2 fully saturated rings. The Morgan fingerprint density at radius 3 is 2.35 bits per heavy atom. The van der Waals surface area contributed by atoms with Crippen LogP contribution in [0.3, 0.4) is 0 Å². The van der Waals surface area contributed by atoms with Crippen LogP contribution in [0.15, 0.2) is 18.2 Å². The molecule has 3 nitrogen and oxygen atoms in total. The maximum absolute atomic E-state index is 14.5. The van der Waals surface area contributed by atoms with Gasteiger partial charge >= 0.3 is 6.18 Å². The molecule has 0 bridgehead atoms. The van der Waals surface area contributed by atoms with Crippen LogP contribution in [0.1, 0.15) is 38.3 Å². The van der Waals surface area contributed by atoms with Gasteiger partial charge in [0.2, 0.25) is 0 Å². The Balaban J connectivity index is 1.76. The molecule has 7 heteroatoms. The molecule has 0 aliphatic carbocycles. The standard InChI is InChI=1S/C19H25F4NO2/c1-18(2,3)12-4-5-16(14(8-12)19(21,22)23)26-17-6-7-24(9-15(17)20)13-10-25-11-13/h4-5,8,13,15,17H,6-7,9-11H2,1-3H3/t15-,17?/m1/s1. The zero-order chi connectivity index (χ0) is 19.1.